The Morgan fingerprint density at radius 1 is 1.24 bits per heavy atom. The maximum atomic E-state index is 12.5. The zero-order valence-electron chi connectivity index (χ0n) is 14.3. The molecule has 3 rings (SSSR count). The minimum Gasteiger partial charge on any atom is -0.481 e. The summed E-state index contributed by atoms with van der Waals surface area (Å²) in [6.45, 7) is 0.394. The molecule has 0 radical (unpaired) electrons. The van der Waals surface area contributed by atoms with Crippen LogP contribution in [-0.4, -0.2) is 26.8 Å². The molecule has 0 saturated heterocycles. The Kier molecular flexibility index (Phi) is 5.16. The summed E-state index contributed by atoms with van der Waals surface area (Å²) >= 11 is 0. The van der Waals surface area contributed by atoms with E-state index in [1.165, 1.54) is 0 Å². The molecule has 1 aliphatic rings. The molecule has 2 aromatic rings. The Balaban J connectivity index is 1.66. The summed E-state index contributed by atoms with van der Waals surface area (Å²) in [5.74, 6) is -1.47. The summed E-state index contributed by atoms with van der Waals surface area (Å²) < 4.78 is 1.74. The number of rotatable bonds is 5. The highest BCUT2D eigenvalue weighted by molar-refractivity contribution is 5.80. The molecule has 25 heavy (non-hydrogen) atoms. The summed E-state index contributed by atoms with van der Waals surface area (Å²) in [7, 11) is 1.86. The van der Waals surface area contributed by atoms with Gasteiger partial charge in [-0.1, -0.05) is 36.8 Å². The van der Waals surface area contributed by atoms with Crippen LogP contribution in [0.3, 0.4) is 0 Å². The second kappa shape index (κ2) is 7.51. The molecule has 2 atom stereocenters. The van der Waals surface area contributed by atoms with Gasteiger partial charge >= 0.3 is 5.97 Å². The SMILES string of the molecule is Cn1cc(CNC(=O)C2CCCC(C(=O)O)C2)c(-c2ccccc2)n1. The van der Waals surface area contributed by atoms with E-state index in [1.807, 2.05) is 43.6 Å². The van der Waals surface area contributed by atoms with Crippen molar-refractivity contribution >= 4 is 11.9 Å². The summed E-state index contributed by atoms with van der Waals surface area (Å²) in [6, 6.07) is 9.86. The smallest absolute Gasteiger partial charge is 0.306 e. The average molecular weight is 341 g/mol. The van der Waals surface area contributed by atoms with E-state index < -0.39 is 11.9 Å². The summed E-state index contributed by atoms with van der Waals surface area (Å²) in [6.07, 6.45) is 4.55. The van der Waals surface area contributed by atoms with Gasteiger partial charge in [0.05, 0.1) is 11.6 Å². The summed E-state index contributed by atoms with van der Waals surface area (Å²) in [4.78, 5) is 23.6. The van der Waals surface area contributed by atoms with Crippen LogP contribution in [0.5, 0.6) is 0 Å². The van der Waals surface area contributed by atoms with E-state index in [4.69, 9.17) is 5.11 Å². The molecular formula is C19H23N3O3. The Morgan fingerprint density at radius 2 is 1.96 bits per heavy atom. The molecule has 1 heterocycles. The third-order valence-corrected chi connectivity index (χ3v) is 4.80. The van der Waals surface area contributed by atoms with Crippen molar-refractivity contribution in [2.75, 3.05) is 0 Å². The van der Waals surface area contributed by atoms with E-state index in [1.54, 1.807) is 4.68 Å². The van der Waals surface area contributed by atoms with Gasteiger partial charge in [-0.2, -0.15) is 5.10 Å². The number of aryl methyl sites for hydroxylation is 1. The highest BCUT2D eigenvalue weighted by Crippen LogP contribution is 2.29. The Morgan fingerprint density at radius 3 is 2.68 bits per heavy atom. The summed E-state index contributed by atoms with van der Waals surface area (Å²) in [5, 5.41) is 16.6. The van der Waals surface area contributed by atoms with Crippen molar-refractivity contribution in [2.24, 2.45) is 18.9 Å². The van der Waals surface area contributed by atoms with Crippen LogP contribution < -0.4 is 5.32 Å². The minimum absolute atomic E-state index is 0.0613. The minimum atomic E-state index is -0.795. The van der Waals surface area contributed by atoms with Crippen molar-refractivity contribution in [3.63, 3.8) is 0 Å². The lowest BCUT2D eigenvalue weighted by Gasteiger charge is -2.25. The van der Waals surface area contributed by atoms with Crippen molar-refractivity contribution in [2.45, 2.75) is 32.2 Å². The van der Waals surface area contributed by atoms with Crippen LogP contribution in [0.1, 0.15) is 31.2 Å². The maximum Gasteiger partial charge on any atom is 0.306 e. The molecule has 0 spiro atoms. The summed E-state index contributed by atoms with van der Waals surface area (Å²) in [5.41, 5.74) is 2.82. The second-order valence-corrected chi connectivity index (χ2v) is 6.66. The number of nitrogens with one attached hydrogen (secondary N) is 1. The molecular weight excluding hydrogens is 318 g/mol. The van der Waals surface area contributed by atoms with Crippen molar-refractivity contribution in [1.82, 2.24) is 15.1 Å². The number of aliphatic carboxylic acids is 1. The van der Waals surface area contributed by atoms with Gasteiger partial charge in [-0.25, -0.2) is 0 Å². The van der Waals surface area contributed by atoms with Gasteiger partial charge in [-0.05, 0) is 19.3 Å². The predicted octanol–water partition coefficient (Wildman–Crippen LogP) is 2.59. The van der Waals surface area contributed by atoms with Gasteiger partial charge in [-0.15, -0.1) is 0 Å². The fraction of sp³-hybridized carbons (Fsp3) is 0.421. The molecule has 1 aromatic heterocycles. The van der Waals surface area contributed by atoms with E-state index >= 15 is 0 Å². The van der Waals surface area contributed by atoms with E-state index in [0.29, 0.717) is 19.4 Å². The number of benzene rings is 1. The molecule has 0 aliphatic heterocycles. The monoisotopic (exact) mass is 341 g/mol. The fourth-order valence-electron chi connectivity index (χ4n) is 3.48. The number of amides is 1. The number of hydrogen-bond donors (Lipinski definition) is 2. The van der Waals surface area contributed by atoms with Crippen LogP contribution in [0.4, 0.5) is 0 Å². The lowest BCUT2D eigenvalue weighted by molar-refractivity contribution is -0.144. The Labute approximate surface area is 146 Å². The quantitative estimate of drug-likeness (QED) is 0.875. The normalized spacial score (nSPS) is 20.2. The predicted molar refractivity (Wildman–Crippen MR) is 93.6 cm³/mol. The van der Waals surface area contributed by atoms with Crippen molar-refractivity contribution in [1.29, 1.82) is 0 Å². The molecule has 1 amide bonds. The zero-order valence-corrected chi connectivity index (χ0v) is 14.3. The number of carbonyl (C=O) groups is 2. The van der Waals surface area contributed by atoms with Gasteiger partial charge in [0.15, 0.2) is 0 Å². The lowest BCUT2D eigenvalue weighted by Crippen LogP contribution is -2.35. The van der Waals surface area contributed by atoms with E-state index in [9.17, 15) is 9.59 Å². The van der Waals surface area contributed by atoms with Gasteiger partial charge in [0.2, 0.25) is 5.91 Å². The Hall–Kier alpha value is -2.63. The van der Waals surface area contributed by atoms with Crippen LogP contribution >= 0.6 is 0 Å². The number of carbonyl (C=O) groups excluding carboxylic acids is 1. The van der Waals surface area contributed by atoms with E-state index in [0.717, 1.165) is 29.7 Å². The first kappa shape index (κ1) is 17.2. The molecule has 1 saturated carbocycles. The van der Waals surface area contributed by atoms with Gasteiger partial charge < -0.3 is 10.4 Å². The van der Waals surface area contributed by atoms with E-state index in [2.05, 4.69) is 10.4 Å². The van der Waals surface area contributed by atoms with Crippen molar-refractivity contribution < 1.29 is 14.7 Å². The van der Waals surface area contributed by atoms with Gasteiger partial charge in [0.25, 0.3) is 0 Å². The molecule has 6 heteroatoms. The van der Waals surface area contributed by atoms with Crippen LogP contribution in [0.25, 0.3) is 11.3 Å². The third kappa shape index (κ3) is 4.07. The van der Waals surface area contributed by atoms with Crippen LogP contribution in [0.15, 0.2) is 36.5 Å². The van der Waals surface area contributed by atoms with Crippen LogP contribution in [0.2, 0.25) is 0 Å². The Bertz CT molecular complexity index is 755. The molecule has 1 aromatic carbocycles. The van der Waals surface area contributed by atoms with E-state index in [-0.39, 0.29) is 11.8 Å². The van der Waals surface area contributed by atoms with Gasteiger partial charge in [0.1, 0.15) is 0 Å². The number of carboxylic acids is 1. The van der Waals surface area contributed by atoms with Gasteiger partial charge in [-0.3, -0.25) is 14.3 Å². The number of hydrogen-bond acceptors (Lipinski definition) is 3. The molecule has 1 aliphatic carbocycles. The van der Waals surface area contributed by atoms with Crippen molar-refractivity contribution in [3.05, 3.63) is 42.1 Å². The maximum absolute atomic E-state index is 12.5. The highest BCUT2D eigenvalue weighted by Gasteiger charge is 2.31. The van der Waals surface area contributed by atoms with Crippen LogP contribution in [-0.2, 0) is 23.2 Å². The topological polar surface area (TPSA) is 84.2 Å². The molecule has 2 N–H and O–H groups in total. The van der Waals surface area contributed by atoms with Gasteiger partial charge in [0, 0.05) is 36.8 Å². The molecule has 2 unspecified atom stereocenters. The first-order chi connectivity index (χ1) is 12.0. The first-order valence-electron chi connectivity index (χ1n) is 8.63. The highest BCUT2D eigenvalue weighted by atomic mass is 16.4. The van der Waals surface area contributed by atoms with Crippen LogP contribution in [0, 0.1) is 11.8 Å². The molecule has 6 nitrogen and oxygen atoms in total. The lowest BCUT2D eigenvalue weighted by atomic mass is 9.81. The second-order valence-electron chi connectivity index (χ2n) is 6.66. The first-order valence-corrected chi connectivity index (χ1v) is 8.63. The largest absolute Gasteiger partial charge is 0.481 e. The number of aromatic nitrogens is 2. The molecule has 132 valence electrons. The van der Waals surface area contributed by atoms with Crippen molar-refractivity contribution in [3.8, 4) is 11.3 Å². The fourth-order valence-corrected chi connectivity index (χ4v) is 3.48. The zero-order chi connectivity index (χ0) is 17.8. The third-order valence-electron chi connectivity index (χ3n) is 4.80. The average Bonchev–Trinajstić information content (AvgIpc) is 3.01. The standard InChI is InChI=1S/C19H23N3O3/c1-22-12-16(17(21-22)13-6-3-2-4-7-13)11-20-18(23)14-8-5-9-15(10-14)19(24)25/h2-4,6-7,12,14-15H,5,8-11H2,1H3,(H,20,23)(H,24,25). The molecule has 1 fully saturated rings. The number of carboxylic acid groups (broad SMARTS) is 1. The number of nitrogens with zero attached hydrogens (tertiary/aromatic N) is 2. The molecule has 0 bridgehead atoms.